The fraction of sp³-hybridized carbons (Fsp3) is 0.0909. The fourth-order valence-corrected chi connectivity index (χ4v) is 4.37. The van der Waals surface area contributed by atoms with Crippen molar-refractivity contribution in [3.63, 3.8) is 0 Å². The van der Waals surface area contributed by atoms with Crippen LogP contribution in [-0.2, 0) is 4.79 Å². The summed E-state index contributed by atoms with van der Waals surface area (Å²) in [7, 11) is 1.55. The van der Waals surface area contributed by atoms with Gasteiger partial charge in [-0.05, 0) is 36.4 Å². The lowest BCUT2D eigenvalue weighted by atomic mass is 10.2. The monoisotopic (exact) mass is 502 g/mol. The summed E-state index contributed by atoms with van der Waals surface area (Å²) in [6.07, 6.45) is 0. The summed E-state index contributed by atoms with van der Waals surface area (Å²) in [5.74, 6) is 0.296. The van der Waals surface area contributed by atoms with Gasteiger partial charge in [0.25, 0.3) is 5.69 Å². The Morgan fingerprint density at radius 2 is 1.97 bits per heavy atom. The zero-order valence-corrected chi connectivity index (χ0v) is 19.4. The van der Waals surface area contributed by atoms with E-state index in [-0.39, 0.29) is 17.3 Å². The van der Waals surface area contributed by atoms with Crippen molar-refractivity contribution in [1.82, 2.24) is 9.55 Å². The van der Waals surface area contributed by atoms with E-state index in [1.54, 1.807) is 37.4 Å². The van der Waals surface area contributed by atoms with Gasteiger partial charge in [-0.3, -0.25) is 19.5 Å². The average Bonchev–Trinajstić information content (AvgIpc) is 3.17. The molecule has 0 unspecified atom stereocenters. The molecule has 0 radical (unpaired) electrons. The Balaban J connectivity index is 1.69. The second-order valence-electron chi connectivity index (χ2n) is 6.79. The first-order valence-corrected chi connectivity index (χ1v) is 11.3. The van der Waals surface area contributed by atoms with Crippen molar-refractivity contribution < 1.29 is 14.5 Å². The molecule has 1 aromatic heterocycles. The summed E-state index contributed by atoms with van der Waals surface area (Å²) in [6.45, 7) is 0. The molecule has 0 fully saturated rings. The topological polar surface area (TPSA) is 99.3 Å². The molecule has 0 saturated carbocycles. The van der Waals surface area contributed by atoms with Crippen molar-refractivity contribution in [2.75, 3.05) is 18.2 Å². The molecule has 4 rings (SSSR count). The Bertz CT molecular complexity index is 1380. The van der Waals surface area contributed by atoms with E-state index in [2.05, 4.69) is 10.3 Å². The van der Waals surface area contributed by atoms with Gasteiger partial charge in [0, 0.05) is 17.2 Å². The largest absolute Gasteiger partial charge is 0.495 e. The number of fused-ring (bicyclic) bond motifs is 1. The van der Waals surface area contributed by atoms with Crippen LogP contribution in [0.5, 0.6) is 5.75 Å². The summed E-state index contributed by atoms with van der Waals surface area (Å²) >= 11 is 13.3. The summed E-state index contributed by atoms with van der Waals surface area (Å²) < 4.78 is 7.30. The number of para-hydroxylation sites is 2. The van der Waals surface area contributed by atoms with E-state index in [0.29, 0.717) is 43.4 Å². The molecule has 8 nitrogen and oxygen atoms in total. The molecule has 0 saturated heterocycles. The van der Waals surface area contributed by atoms with Crippen LogP contribution in [0.15, 0.2) is 65.8 Å². The highest BCUT2D eigenvalue weighted by atomic mass is 35.5. The first kappa shape index (κ1) is 22.9. The molecule has 33 heavy (non-hydrogen) atoms. The Morgan fingerprint density at radius 1 is 1.18 bits per heavy atom. The lowest BCUT2D eigenvalue weighted by molar-refractivity contribution is -0.384. The van der Waals surface area contributed by atoms with E-state index in [9.17, 15) is 14.9 Å². The van der Waals surface area contributed by atoms with Crippen molar-refractivity contribution in [1.29, 1.82) is 0 Å². The lowest BCUT2D eigenvalue weighted by Crippen LogP contribution is -2.15. The van der Waals surface area contributed by atoms with Crippen LogP contribution >= 0.6 is 35.0 Å². The normalized spacial score (nSPS) is 10.9. The van der Waals surface area contributed by atoms with E-state index < -0.39 is 4.92 Å². The predicted molar refractivity (Wildman–Crippen MR) is 130 cm³/mol. The summed E-state index contributed by atoms with van der Waals surface area (Å²) in [5.41, 5.74) is 2.10. The third kappa shape index (κ3) is 4.90. The molecule has 0 atom stereocenters. The van der Waals surface area contributed by atoms with Gasteiger partial charge in [0.1, 0.15) is 5.75 Å². The summed E-state index contributed by atoms with van der Waals surface area (Å²) in [6, 6.07) is 16.6. The maximum Gasteiger partial charge on any atom is 0.271 e. The minimum Gasteiger partial charge on any atom is -0.495 e. The number of rotatable bonds is 7. The number of benzene rings is 3. The van der Waals surface area contributed by atoms with Gasteiger partial charge in [0.05, 0.1) is 45.2 Å². The number of anilines is 1. The molecule has 0 bridgehead atoms. The van der Waals surface area contributed by atoms with Crippen molar-refractivity contribution >= 4 is 63.3 Å². The number of nitro groups is 1. The summed E-state index contributed by atoms with van der Waals surface area (Å²) in [4.78, 5) is 27.9. The molecule has 1 heterocycles. The quantitative estimate of drug-likeness (QED) is 0.189. The van der Waals surface area contributed by atoms with Crippen LogP contribution in [0.2, 0.25) is 10.0 Å². The van der Waals surface area contributed by atoms with Gasteiger partial charge in [0.15, 0.2) is 5.16 Å². The van der Waals surface area contributed by atoms with E-state index in [0.717, 1.165) is 0 Å². The van der Waals surface area contributed by atoms with Gasteiger partial charge >= 0.3 is 0 Å². The number of hydrogen-bond acceptors (Lipinski definition) is 6. The molecule has 0 aliphatic heterocycles. The second-order valence-corrected chi connectivity index (χ2v) is 8.58. The number of carbonyl (C=O) groups excluding carboxylic acids is 1. The number of thioether (sulfide) groups is 1. The van der Waals surface area contributed by atoms with E-state index >= 15 is 0 Å². The SMILES string of the molecule is COc1ccccc1-n1c(SCC(=O)Nc2cc(Cl)ccc2Cl)nc2cc([N+](=O)[O-])ccc21. The maximum absolute atomic E-state index is 12.6. The number of ether oxygens (including phenoxy) is 1. The number of methoxy groups -OCH3 is 1. The van der Waals surface area contributed by atoms with Crippen molar-refractivity contribution in [2.24, 2.45) is 0 Å². The van der Waals surface area contributed by atoms with Crippen molar-refractivity contribution in [2.45, 2.75) is 5.16 Å². The number of aromatic nitrogens is 2. The smallest absolute Gasteiger partial charge is 0.271 e. The zero-order valence-electron chi connectivity index (χ0n) is 17.1. The number of amides is 1. The number of halogens is 2. The Hall–Kier alpha value is -3.27. The molecule has 0 spiro atoms. The van der Waals surface area contributed by atoms with Crippen LogP contribution in [0, 0.1) is 10.1 Å². The summed E-state index contributed by atoms with van der Waals surface area (Å²) in [5, 5.41) is 15.2. The third-order valence-electron chi connectivity index (χ3n) is 4.68. The minimum absolute atomic E-state index is 0.0173. The van der Waals surface area contributed by atoms with Gasteiger partial charge < -0.3 is 10.1 Å². The number of imidazole rings is 1. The molecule has 1 N–H and O–H groups in total. The molecular weight excluding hydrogens is 487 g/mol. The van der Waals surface area contributed by atoms with Crippen LogP contribution in [-0.4, -0.2) is 33.2 Å². The number of carbonyl (C=O) groups is 1. The van der Waals surface area contributed by atoms with Gasteiger partial charge in [-0.2, -0.15) is 0 Å². The van der Waals surface area contributed by atoms with Crippen molar-refractivity contribution in [3.05, 3.63) is 80.8 Å². The Morgan fingerprint density at radius 3 is 2.73 bits per heavy atom. The van der Waals surface area contributed by atoms with Gasteiger partial charge in [-0.1, -0.05) is 47.1 Å². The average molecular weight is 503 g/mol. The molecule has 4 aromatic rings. The fourth-order valence-electron chi connectivity index (χ4n) is 3.21. The first-order valence-electron chi connectivity index (χ1n) is 9.55. The highest BCUT2D eigenvalue weighted by Crippen LogP contribution is 2.34. The number of nitro benzene ring substituents is 1. The molecule has 3 aromatic carbocycles. The predicted octanol–water partition coefficient (Wildman–Crippen LogP) is 5.98. The maximum atomic E-state index is 12.6. The highest BCUT2D eigenvalue weighted by molar-refractivity contribution is 7.99. The van der Waals surface area contributed by atoms with Crippen LogP contribution < -0.4 is 10.1 Å². The zero-order chi connectivity index (χ0) is 23.5. The first-order chi connectivity index (χ1) is 15.9. The molecule has 0 aliphatic carbocycles. The van der Waals surface area contributed by atoms with E-state index in [4.69, 9.17) is 27.9 Å². The highest BCUT2D eigenvalue weighted by Gasteiger charge is 2.19. The molecule has 168 valence electrons. The van der Waals surface area contributed by atoms with Crippen LogP contribution in [0.25, 0.3) is 16.7 Å². The Kier molecular flexibility index (Phi) is 6.73. The van der Waals surface area contributed by atoms with Crippen LogP contribution in [0.1, 0.15) is 0 Å². The number of non-ortho nitro benzene ring substituents is 1. The van der Waals surface area contributed by atoms with Gasteiger partial charge in [0.2, 0.25) is 5.91 Å². The van der Waals surface area contributed by atoms with Crippen molar-refractivity contribution in [3.8, 4) is 11.4 Å². The van der Waals surface area contributed by atoms with Gasteiger partial charge in [-0.25, -0.2) is 4.98 Å². The standard InChI is InChI=1S/C22H16Cl2N4O4S/c1-32-20-5-3-2-4-19(20)27-18-9-7-14(28(30)31)11-17(18)26-22(27)33-12-21(29)25-16-10-13(23)6-8-15(16)24/h2-11H,12H2,1H3,(H,25,29). The molecule has 1 amide bonds. The lowest BCUT2D eigenvalue weighted by Gasteiger charge is -2.13. The second kappa shape index (κ2) is 9.70. The van der Waals surface area contributed by atoms with Gasteiger partial charge in [-0.15, -0.1) is 0 Å². The molecular formula is C22H16Cl2N4O4S. The van der Waals surface area contributed by atoms with Crippen LogP contribution in [0.4, 0.5) is 11.4 Å². The third-order valence-corrected chi connectivity index (χ3v) is 6.18. The number of nitrogens with zero attached hydrogens (tertiary/aromatic N) is 3. The Labute approximate surface area is 202 Å². The molecule has 11 heteroatoms. The van der Waals surface area contributed by atoms with E-state index in [1.807, 2.05) is 22.8 Å². The number of nitrogens with one attached hydrogen (secondary N) is 1. The number of hydrogen-bond donors (Lipinski definition) is 1. The minimum atomic E-state index is -0.476. The molecule has 0 aliphatic rings. The van der Waals surface area contributed by atoms with E-state index in [1.165, 1.54) is 23.9 Å². The van der Waals surface area contributed by atoms with Crippen LogP contribution in [0.3, 0.4) is 0 Å².